The fraction of sp³-hybridized carbons (Fsp3) is 0.757. The summed E-state index contributed by atoms with van der Waals surface area (Å²) in [6.07, 6.45) is 16.7. The Hall–Kier alpha value is 0.250. The molecule has 0 aromatic heterocycles. The van der Waals surface area contributed by atoms with E-state index in [0.29, 0.717) is 9.46 Å². The highest BCUT2D eigenvalue weighted by atomic mass is 127. The molecule has 2 rings (SSSR count). The lowest BCUT2D eigenvalue weighted by molar-refractivity contribution is 0.116. The van der Waals surface area contributed by atoms with Gasteiger partial charge in [0.25, 0.3) is 0 Å². The Bertz CT molecular complexity index is 986. The summed E-state index contributed by atoms with van der Waals surface area (Å²) in [6, 6.07) is 0. The van der Waals surface area contributed by atoms with Gasteiger partial charge in [-0.3, -0.25) is 4.90 Å². The van der Waals surface area contributed by atoms with Crippen molar-refractivity contribution in [2.75, 3.05) is 6.54 Å². The number of alkyl halides is 1. The first-order chi connectivity index (χ1) is 18.4. The van der Waals surface area contributed by atoms with Crippen LogP contribution in [0.15, 0.2) is 44.6 Å². The molecule has 40 heavy (non-hydrogen) atoms. The van der Waals surface area contributed by atoms with E-state index >= 15 is 0 Å². The van der Waals surface area contributed by atoms with Crippen LogP contribution in [0, 0.1) is 22.7 Å². The van der Waals surface area contributed by atoms with Gasteiger partial charge in [-0.2, -0.15) is 0 Å². The lowest BCUT2D eigenvalue weighted by atomic mass is 9.72. The van der Waals surface area contributed by atoms with E-state index in [-0.39, 0.29) is 31.7 Å². The van der Waals surface area contributed by atoms with Crippen molar-refractivity contribution in [3.63, 3.8) is 0 Å². The highest BCUT2D eigenvalue weighted by Gasteiger charge is 2.33. The van der Waals surface area contributed by atoms with Gasteiger partial charge in [-0.15, -0.1) is 0 Å². The second-order valence-corrected chi connectivity index (χ2v) is 19.7. The van der Waals surface area contributed by atoms with E-state index in [4.69, 9.17) is 0 Å². The van der Waals surface area contributed by atoms with E-state index in [1.165, 1.54) is 62.5 Å². The molecule has 0 amide bonds. The molecular weight excluding hydrogens is 712 g/mol. The lowest BCUT2D eigenvalue weighted by Crippen LogP contribution is -2.48. The summed E-state index contributed by atoms with van der Waals surface area (Å²) < 4.78 is 3.88. The summed E-state index contributed by atoms with van der Waals surface area (Å²) in [5.41, 5.74) is 6.94. The summed E-state index contributed by atoms with van der Waals surface area (Å²) in [4.78, 5) is 2.78. The zero-order valence-electron chi connectivity index (χ0n) is 28.4. The van der Waals surface area contributed by atoms with Crippen molar-refractivity contribution >= 4 is 46.8 Å². The van der Waals surface area contributed by atoms with Crippen molar-refractivity contribution < 1.29 is 0 Å². The number of allylic oxidation sites excluding steroid dienone is 6. The van der Waals surface area contributed by atoms with Crippen LogP contribution in [-0.2, 0) is 0 Å². The Balaban J connectivity index is 2.33. The molecule has 2 aliphatic rings. The van der Waals surface area contributed by atoms with Gasteiger partial charge in [0, 0.05) is 9.05 Å². The Labute approximate surface area is 274 Å². The quantitative estimate of drug-likeness (QED) is 0.0780. The van der Waals surface area contributed by atoms with Crippen LogP contribution < -0.4 is 0 Å². The number of hydrogen-bond donors (Lipinski definition) is 0. The monoisotopic (exact) mass is 775 g/mol. The van der Waals surface area contributed by atoms with Gasteiger partial charge in [0.1, 0.15) is 0 Å². The minimum Gasteiger partial charge on any atom is -0.283 e. The second-order valence-electron chi connectivity index (χ2n) is 15.6. The first-order valence-corrected chi connectivity index (χ1v) is 19.5. The van der Waals surface area contributed by atoms with E-state index in [9.17, 15) is 0 Å². The smallest absolute Gasteiger partial charge is 0.0838 e. The van der Waals surface area contributed by atoms with Crippen molar-refractivity contribution in [2.24, 2.45) is 22.7 Å². The average molecular weight is 776 g/mol. The van der Waals surface area contributed by atoms with E-state index in [1.54, 1.807) is 18.2 Å². The molecule has 0 aromatic carbocycles. The van der Waals surface area contributed by atoms with Crippen LogP contribution in [0.25, 0.3) is 0 Å². The van der Waals surface area contributed by atoms with Crippen LogP contribution in [0.2, 0.25) is 0 Å². The van der Waals surface area contributed by atoms with E-state index in [2.05, 4.69) is 129 Å². The normalized spacial score (nSPS) is 20.4. The Morgan fingerprint density at radius 1 is 1.15 bits per heavy atom. The van der Waals surface area contributed by atoms with Gasteiger partial charge in [0.15, 0.2) is 0 Å². The minimum atomic E-state index is -0.121. The molecule has 1 aliphatic carbocycles. The van der Waals surface area contributed by atoms with E-state index < -0.39 is 0 Å². The zero-order chi connectivity index (χ0) is 30.5. The molecule has 1 atom stereocenters. The van der Waals surface area contributed by atoms with Crippen molar-refractivity contribution in [3.05, 3.63) is 44.6 Å². The van der Waals surface area contributed by atoms with Crippen LogP contribution in [0.4, 0.5) is 0 Å². The summed E-state index contributed by atoms with van der Waals surface area (Å²) in [7, 11) is 0. The third-order valence-corrected chi connectivity index (χ3v) is 14.4. The molecule has 0 N–H and O–H groups in total. The average Bonchev–Trinajstić information content (AvgIpc) is 2.84. The summed E-state index contributed by atoms with van der Waals surface area (Å²) in [5, 5.41) is 0. The van der Waals surface area contributed by atoms with Crippen molar-refractivity contribution in [1.29, 1.82) is 0 Å². The standard InChI is InChI=1S/C37H63I2N/c1-14-23-40(37(12,13)22-17-27(4)16-15-26(2)3)34(38)28(5)24-32-29(6)31(35(7,8)9)25-33(39-32)30-18-20-36(10,11)21-19-30/h24-26,30,34H,4,14-23H2,1-3,5-13H3/b28-24+. The molecule has 1 fully saturated rings. The van der Waals surface area contributed by atoms with Gasteiger partial charge in [0.05, 0.1) is 4.05 Å². The minimum absolute atomic E-state index is 0.121. The molecule has 0 bridgehead atoms. The molecule has 1 unspecified atom stereocenters. The first-order valence-electron chi connectivity index (χ1n) is 16.1. The van der Waals surface area contributed by atoms with Crippen molar-refractivity contribution in [1.82, 2.24) is 4.90 Å². The fourth-order valence-electron chi connectivity index (χ4n) is 6.10. The molecule has 0 aromatic rings. The van der Waals surface area contributed by atoms with Gasteiger partial charge >= 0.3 is 0 Å². The Kier molecular flexibility index (Phi) is 13.9. The van der Waals surface area contributed by atoms with Crippen LogP contribution in [0.3, 0.4) is 0 Å². The molecule has 0 radical (unpaired) electrons. The van der Waals surface area contributed by atoms with Crippen LogP contribution in [0.1, 0.15) is 141 Å². The van der Waals surface area contributed by atoms with Gasteiger partial charge in [-0.25, -0.2) is 0 Å². The Morgan fingerprint density at radius 2 is 1.75 bits per heavy atom. The number of nitrogens with zero attached hydrogens (tertiary/aromatic N) is 1. The van der Waals surface area contributed by atoms with Crippen molar-refractivity contribution in [2.45, 2.75) is 150 Å². The molecule has 3 heteroatoms. The van der Waals surface area contributed by atoms with Gasteiger partial charge in [-0.1, -0.05) is 111 Å². The summed E-state index contributed by atoms with van der Waals surface area (Å²) in [6.45, 7) is 34.4. The zero-order valence-corrected chi connectivity index (χ0v) is 32.7. The molecule has 1 aliphatic heterocycles. The van der Waals surface area contributed by atoms with Gasteiger partial charge in [0.2, 0.25) is 0 Å². The maximum atomic E-state index is 4.44. The predicted molar refractivity (Wildman–Crippen MR) is 200 cm³/mol. The maximum absolute atomic E-state index is 4.44. The highest BCUT2D eigenvalue weighted by Crippen LogP contribution is 2.48. The van der Waals surface area contributed by atoms with Crippen LogP contribution >= 0.6 is 43.3 Å². The molecule has 0 saturated heterocycles. The maximum Gasteiger partial charge on any atom is 0.0838 e. The SMILES string of the molecule is C=C(CCC(C)C)CCC(C)(C)N(CCC)C(I)/C(C)=C/C1=IC(C2CCC(C)(C)CC2)=CC(C(C)(C)C)=C1C. The number of halogens is 2. The first kappa shape index (κ1) is 36.4. The predicted octanol–water partition coefficient (Wildman–Crippen LogP) is 12.6. The third-order valence-electron chi connectivity index (χ3n) is 9.20. The summed E-state index contributed by atoms with van der Waals surface area (Å²) >= 11 is 2.62. The largest absolute Gasteiger partial charge is 0.283 e. The van der Waals surface area contributed by atoms with Crippen LogP contribution in [0.5, 0.6) is 0 Å². The van der Waals surface area contributed by atoms with Crippen molar-refractivity contribution in [3.8, 4) is 0 Å². The summed E-state index contributed by atoms with van der Waals surface area (Å²) in [5.74, 6) is 1.55. The number of rotatable bonds is 13. The Morgan fingerprint density at radius 3 is 2.27 bits per heavy atom. The molecule has 1 saturated carbocycles. The van der Waals surface area contributed by atoms with E-state index in [1.807, 2.05) is 0 Å². The number of hydrogen-bond acceptors (Lipinski definition) is 1. The molecule has 0 spiro atoms. The molecule has 1 nitrogen and oxygen atoms in total. The molecule has 1 heterocycles. The second kappa shape index (κ2) is 15.3. The van der Waals surface area contributed by atoms with Gasteiger partial charge in [-0.05, 0) is 147 Å². The van der Waals surface area contributed by atoms with E-state index in [0.717, 1.165) is 24.8 Å². The third kappa shape index (κ3) is 10.8. The lowest BCUT2D eigenvalue weighted by Gasteiger charge is -2.43. The molecular formula is C37H63I2N. The fourth-order valence-corrected chi connectivity index (χ4v) is 10.9. The van der Waals surface area contributed by atoms with Gasteiger partial charge < -0.3 is 0 Å². The van der Waals surface area contributed by atoms with Crippen LogP contribution in [-0.4, -0.2) is 24.5 Å². The topological polar surface area (TPSA) is 3.24 Å². The molecule has 230 valence electrons. The highest BCUT2D eigenvalue weighted by molar-refractivity contribution is 14.2.